The molecule has 8 nitrogen and oxygen atoms in total. The van der Waals surface area contributed by atoms with Crippen LogP contribution in [0.25, 0.3) is 0 Å². The zero-order chi connectivity index (χ0) is 29.1. The molecule has 3 amide bonds. The number of benzene rings is 1. The van der Waals surface area contributed by atoms with Crippen LogP contribution in [-0.4, -0.2) is 46.0 Å². The minimum absolute atomic E-state index is 0.0446. The molecule has 2 atom stereocenters. The highest BCUT2D eigenvalue weighted by atomic mass is 32.2. The van der Waals surface area contributed by atoms with E-state index >= 15 is 0 Å². The summed E-state index contributed by atoms with van der Waals surface area (Å²) < 4.78 is 38.5. The Bertz CT molecular complexity index is 1310. The Balaban J connectivity index is 1.79. The van der Waals surface area contributed by atoms with Crippen LogP contribution in [0.3, 0.4) is 0 Å². The van der Waals surface area contributed by atoms with E-state index in [1.54, 1.807) is 12.4 Å². The van der Waals surface area contributed by atoms with Crippen molar-refractivity contribution in [1.82, 2.24) is 15.3 Å². The maximum absolute atomic E-state index is 14.4. The predicted octanol–water partition coefficient (Wildman–Crippen LogP) is 6.35. The molecular formula is C28H31F3N6O2S. The smallest absolute Gasteiger partial charge is 0.370 e. The summed E-state index contributed by atoms with van der Waals surface area (Å²) in [6.07, 6.45) is 3.29. The maximum Gasteiger partial charge on any atom is 0.446 e. The Morgan fingerprint density at radius 3 is 1.85 bits per heavy atom. The summed E-state index contributed by atoms with van der Waals surface area (Å²) >= 11 is -0.259. The summed E-state index contributed by atoms with van der Waals surface area (Å²) in [6.45, 7) is 8.95. The van der Waals surface area contributed by atoms with Gasteiger partial charge in [-0.3, -0.25) is 4.79 Å². The van der Waals surface area contributed by atoms with Crippen molar-refractivity contribution in [3.63, 3.8) is 0 Å². The van der Waals surface area contributed by atoms with Gasteiger partial charge in [0.15, 0.2) is 0 Å². The van der Waals surface area contributed by atoms with E-state index in [0.29, 0.717) is 24.7 Å². The standard InChI is InChI=1S/C28H31F3N6O2S/c1-5-32-23-15-19(11-13-34-23)17(3)27(18(4)20-12-14-35-24(16-20)33-6-2)25(38)37(26(39)36-27)21-7-9-22(10-8-21)40-28(29,30)31/h7-18H,5-6H2,1-4H3,(H,32,34)(H,33,35)(H,36,39). The lowest BCUT2D eigenvalue weighted by Gasteiger charge is -2.39. The van der Waals surface area contributed by atoms with Gasteiger partial charge in [-0.2, -0.15) is 13.2 Å². The highest BCUT2D eigenvalue weighted by Crippen LogP contribution is 2.45. The van der Waals surface area contributed by atoms with Crippen LogP contribution < -0.4 is 20.9 Å². The lowest BCUT2D eigenvalue weighted by molar-refractivity contribution is -0.123. The van der Waals surface area contributed by atoms with Gasteiger partial charge in [-0.15, -0.1) is 0 Å². The first-order valence-corrected chi connectivity index (χ1v) is 13.7. The molecule has 1 saturated heterocycles. The van der Waals surface area contributed by atoms with Gasteiger partial charge in [0.2, 0.25) is 0 Å². The third kappa shape index (κ3) is 5.86. The number of hydrogen-bond donors (Lipinski definition) is 3. The maximum atomic E-state index is 14.4. The van der Waals surface area contributed by atoms with Gasteiger partial charge in [-0.1, -0.05) is 13.8 Å². The summed E-state index contributed by atoms with van der Waals surface area (Å²) in [5.41, 5.74) is -4.13. The van der Waals surface area contributed by atoms with Gasteiger partial charge >= 0.3 is 11.5 Å². The van der Waals surface area contributed by atoms with Crippen molar-refractivity contribution >= 4 is 41.0 Å². The number of nitrogens with zero attached hydrogens (tertiary/aromatic N) is 3. The number of urea groups is 1. The van der Waals surface area contributed by atoms with E-state index < -0.39 is 34.8 Å². The average Bonchev–Trinajstić information content (AvgIpc) is 3.18. The molecule has 2 aromatic heterocycles. The Morgan fingerprint density at radius 2 is 1.40 bits per heavy atom. The van der Waals surface area contributed by atoms with Gasteiger partial charge in [0.1, 0.15) is 17.2 Å². The van der Waals surface area contributed by atoms with Crippen LogP contribution in [-0.2, 0) is 4.79 Å². The number of aromatic nitrogens is 2. The number of pyridine rings is 2. The van der Waals surface area contributed by atoms with Crippen LogP contribution in [0.2, 0.25) is 0 Å². The van der Waals surface area contributed by atoms with Gasteiger partial charge in [0, 0.05) is 42.2 Å². The van der Waals surface area contributed by atoms with Crippen molar-refractivity contribution in [3.05, 3.63) is 72.1 Å². The molecule has 4 rings (SSSR count). The van der Waals surface area contributed by atoms with Crippen LogP contribution in [0.15, 0.2) is 65.8 Å². The molecule has 0 spiro atoms. The van der Waals surface area contributed by atoms with Crippen molar-refractivity contribution in [3.8, 4) is 0 Å². The predicted molar refractivity (Wildman–Crippen MR) is 151 cm³/mol. The monoisotopic (exact) mass is 572 g/mol. The fraction of sp³-hybridized carbons (Fsp3) is 0.357. The van der Waals surface area contributed by atoms with E-state index in [4.69, 9.17) is 0 Å². The van der Waals surface area contributed by atoms with E-state index in [1.807, 2.05) is 52.0 Å². The number of rotatable bonds is 10. The van der Waals surface area contributed by atoms with Crippen LogP contribution >= 0.6 is 11.8 Å². The Labute approximate surface area is 235 Å². The topological polar surface area (TPSA) is 99.3 Å². The van der Waals surface area contributed by atoms with Crippen molar-refractivity contribution in [2.45, 2.75) is 55.5 Å². The molecule has 1 fully saturated rings. The number of halogens is 3. The van der Waals surface area contributed by atoms with E-state index in [9.17, 15) is 22.8 Å². The summed E-state index contributed by atoms with van der Waals surface area (Å²) in [5.74, 6) is -0.253. The van der Waals surface area contributed by atoms with Gasteiger partial charge in [0.05, 0.1) is 5.69 Å². The van der Waals surface area contributed by atoms with Crippen molar-refractivity contribution in [2.24, 2.45) is 0 Å². The van der Waals surface area contributed by atoms with E-state index in [2.05, 4.69) is 25.9 Å². The molecule has 1 aromatic carbocycles. The Hall–Kier alpha value is -3.80. The number of carbonyl (C=O) groups is 2. The summed E-state index contributed by atoms with van der Waals surface area (Å²) in [7, 11) is 0. The number of amides is 3. The van der Waals surface area contributed by atoms with Gasteiger partial charge in [0.25, 0.3) is 5.91 Å². The van der Waals surface area contributed by atoms with Crippen molar-refractivity contribution in [1.29, 1.82) is 0 Å². The molecule has 3 heterocycles. The number of alkyl halides is 3. The third-order valence-electron chi connectivity index (χ3n) is 7.05. The largest absolute Gasteiger partial charge is 0.446 e. The first kappa shape index (κ1) is 29.2. The highest BCUT2D eigenvalue weighted by Gasteiger charge is 2.58. The molecule has 0 saturated carbocycles. The van der Waals surface area contributed by atoms with Gasteiger partial charge < -0.3 is 16.0 Å². The van der Waals surface area contributed by atoms with Crippen molar-refractivity contribution < 1.29 is 22.8 Å². The normalized spacial score (nSPS) is 18.8. The fourth-order valence-corrected chi connectivity index (χ4v) is 5.61. The lowest BCUT2D eigenvalue weighted by Crippen LogP contribution is -2.55. The zero-order valence-corrected chi connectivity index (χ0v) is 23.4. The van der Waals surface area contributed by atoms with Crippen LogP contribution in [0.4, 0.5) is 35.3 Å². The molecule has 0 aliphatic carbocycles. The molecular weight excluding hydrogens is 541 g/mol. The number of nitrogens with one attached hydrogen (secondary N) is 3. The van der Waals surface area contributed by atoms with Crippen LogP contribution in [0, 0.1) is 0 Å². The molecule has 12 heteroatoms. The number of imide groups is 1. The molecule has 0 radical (unpaired) electrons. The van der Waals surface area contributed by atoms with Gasteiger partial charge in [-0.05, 0) is 85.3 Å². The zero-order valence-electron chi connectivity index (χ0n) is 22.5. The quantitative estimate of drug-likeness (QED) is 0.192. The van der Waals surface area contributed by atoms with Gasteiger partial charge in [-0.25, -0.2) is 19.7 Å². The highest BCUT2D eigenvalue weighted by molar-refractivity contribution is 8.00. The second-order valence-corrected chi connectivity index (χ2v) is 10.6. The first-order valence-electron chi connectivity index (χ1n) is 12.9. The summed E-state index contributed by atoms with van der Waals surface area (Å²) in [6, 6.07) is 11.9. The van der Waals surface area contributed by atoms with E-state index in [1.165, 1.54) is 24.3 Å². The minimum Gasteiger partial charge on any atom is -0.370 e. The molecule has 3 aromatic rings. The van der Waals surface area contributed by atoms with E-state index in [0.717, 1.165) is 16.0 Å². The fourth-order valence-electron chi connectivity index (χ4n) is 5.07. The van der Waals surface area contributed by atoms with Crippen LogP contribution in [0.1, 0.15) is 50.7 Å². The van der Waals surface area contributed by atoms with Crippen LogP contribution in [0.5, 0.6) is 0 Å². The van der Waals surface area contributed by atoms with E-state index in [-0.39, 0.29) is 22.3 Å². The second kappa shape index (κ2) is 11.7. The summed E-state index contributed by atoms with van der Waals surface area (Å²) in [4.78, 5) is 37.5. The Kier molecular flexibility index (Phi) is 8.57. The number of thioether (sulfide) groups is 1. The van der Waals surface area contributed by atoms with Crippen molar-refractivity contribution in [2.75, 3.05) is 28.6 Å². The molecule has 2 unspecified atom stereocenters. The second-order valence-electron chi connectivity index (χ2n) is 9.43. The lowest BCUT2D eigenvalue weighted by atomic mass is 9.70. The molecule has 1 aliphatic heterocycles. The number of carbonyl (C=O) groups excluding carboxylic acids is 2. The SMILES string of the molecule is CCNc1cc(C(C)C2(C(C)c3ccnc(NCC)c3)NC(=O)N(c3ccc(SC(F)(F)F)cc3)C2=O)ccn1. The summed E-state index contributed by atoms with van der Waals surface area (Å²) in [5, 5.41) is 9.33. The third-order valence-corrected chi connectivity index (χ3v) is 7.79. The average molecular weight is 573 g/mol. The Morgan fingerprint density at radius 1 is 0.900 bits per heavy atom. The molecule has 212 valence electrons. The molecule has 0 bridgehead atoms. The molecule has 1 aliphatic rings. The molecule has 3 N–H and O–H groups in total. The number of hydrogen-bond acceptors (Lipinski definition) is 7. The molecule has 40 heavy (non-hydrogen) atoms. The first-order chi connectivity index (χ1) is 19.0. The number of anilines is 3. The minimum atomic E-state index is -4.45.